The molecule has 0 saturated carbocycles. The van der Waals surface area contributed by atoms with Gasteiger partial charge in [-0.25, -0.2) is 17.5 Å². The highest BCUT2D eigenvalue weighted by Crippen LogP contribution is 2.33. The van der Waals surface area contributed by atoms with Crippen LogP contribution in [0.3, 0.4) is 0 Å². The predicted molar refractivity (Wildman–Crippen MR) is 138 cm³/mol. The number of fused-ring (bicyclic) bond motifs is 1. The highest BCUT2D eigenvalue weighted by Gasteiger charge is 2.37. The Labute approximate surface area is 209 Å². The Balaban J connectivity index is 1.29. The zero-order valence-electron chi connectivity index (χ0n) is 19.4. The Kier molecular flexibility index (Phi) is 6.25. The number of sulfonamides is 1. The lowest BCUT2D eigenvalue weighted by atomic mass is 10.1. The SMILES string of the molecule is Nc1ccccc1NC(=O)c1ccc(CN2C(=O)Nc3ccc(NCCN4CC4)cc3S2(=O)=O)cc1. The van der Waals surface area contributed by atoms with Gasteiger partial charge in [-0.1, -0.05) is 24.3 Å². The molecule has 0 bridgehead atoms. The number of carbonyl (C=O) groups is 2. The Bertz CT molecular complexity index is 1420. The van der Waals surface area contributed by atoms with Crippen LogP contribution in [0.5, 0.6) is 0 Å². The number of amides is 3. The first kappa shape index (κ1) is 23.6. The van der Waals surface area contributed by atoms with E-state index in [2.05, 4.69) is 20.9 Å². The van der Waals surface area contributed by atoms with Crippen LogP contribution in [0.15, 0.2) is 71.6 Å². The summed E-state index contributed by atoms with van der Waals surface area (Å²) in [6.07, 6.45) is 0. The molecule has 2 aliphatic rings. The highest BCUT2D eigenvalue weighted by atomic mass is 32.2. The second-order valence-corrected chi connectivity index (χ2v) is 10.5. The van der Waals surface area contributed by atoms with Gasteiger partial charge in [0, 0.05) is 37.4 Å². The fourth-order valence-electron chi connectivity index (χ4n) is 3.90. The van der Waals surface area contributed by atoms with Gasteiger partial charge in [0.25, 0.3) is 15.9 Å². The average molecular weight is 507 g/mol. The molecule has 0 atom stereocenters. The molecule has 0 aliphatic carbocycles. The van der Waals surface area contributed by atoms with Crippen LogP contribution < -0.4 is 21.7 Å². The van der Waals surface area contributed by atoms with Crippen LogP contribution in [-0.2, 0) is 16.6 Å². The monoisotopic (exact) mass is 506 g/mol. The molecular weight excluding hydrogens is 480 g/mol. The number of nitrogens with zero attached hydrogens (tertiary/aromatic N) is 2. The highest BCUT2D eigenvalue weighted by molar-refractivity contribution is 7.90. The van der Waals surface area contributed by atoms with Gasteiger partial charge >= 0.3 is 6.03 Å². The van der Waals surface area contributed by atoms with E-state index in [4.69, 9.17) is 5.73 Å². The summed E-state index contributed by atoms with van der Waals surface area (Å²) in [5, 5.41) is 8.63. The first-order valence-corrected chi connectivity index (χ1v) is 12.9. The second kappa shape index (κ2) is 9.51. The van der Waals surface area contributed by atoms with Crippen molar-refractivity contribution in [2.45, 2.75) is 11.4 Å². The maximum Gasteiger partial charge on any atom is 0.336 e. The van der Waals surface area contributed by atoms with E-state index < -0.39 is 16.1 Å². The normalized spacial score (nSPS) is 16.1. The number of hydrogen-bond donors (Lipinski definition) is 4. The fourth-order valence-corrected chi connectivity index (χ4v) is 5.39. The van der Waals surface area contributed by atoms with Crippen LogP contribution in [0.2, 0.25) is 0 Å². The van der Waals surface area contributed by atoms with Crippen molar-refractivity contribution in [3.05, 3.63) is 77.9 Å². The van der Waals surface area contributed by atoms with Crippen molar-refractivity contribution in [3.63, 3.8) is 0 Å². The van der Waals surface area contributed by atoms with Crippen molar-refractivity contribution in [1.29, 1.82) is 0 Å². The van der Waals surface area contributed by atoms with Crippen LogP contribution in [0.25, 0.3) is 0 Å². The van der Waals surface area contributed by atoms with Crippen molar-refractivity contribution in [2.24, 2.45) is 0 Å². The largest absolute Gasteiger partial charge is 0.397 e. The molecule has 0 aromatic heterocycles. The minimum atomic E-state index is -4.08. The van der Waals surface area contributed by atoms with E-state index in [9.17, 15) is 18.0 Å². The lowest BCUT2D eigenvalue weighted by molar-refractivity contribution is 0.102. The van der Waals surface area contributed by atoms with Gasteiger partial charge in [0.1, 0.15) is 4.90 Å². The van der Waals surface area contributed by atoms with Gasteiger partial charge in [0.05, 0.1) is 23.6 Å². The van der Waals surface area contributed by atoms with Crippen molar-refractivity contribution in [2.75, 3.05) is 47.9 Å². The summed E-state index contributed by atoms with van der Waals surface area (Å²) >= 11 is 0. The van der Waals surface area contributed by atoms with Gasteiger partial charge < -0.3 is 21.7 Å². The predicted octanol–water partition coefficient (Wildman–Crippen LogP) is 2.99. The summed E-state index contributed by atoms with van der Waals surface area (Å²) in [5.41, 5.74) is 8.67. The molecule has 2 heterocycles. The smallest absolute Gasteiger partial charge is 0.336 e. The van der Waals surface area contributed by atoms with E-state index in [0.29, 0.717) is 34.7 Å². The fraction of sp³-hybridized carbons (Fsp3) is 0.200. The van der Waals surface area contributed by atoms with Crippen molar-refractivity contribution in [1.82, 2.24) is 9.21 Å². The number of nitrogens with one attached hydrogen (secondary N) is 3. The van der Waals surface area contributed by atoms with E-state index in [1.54, 1.807) is 66.7 Å². The summed E-state index contributed by atoms with van der Waals surface area (Å²) in [6, 6.07) is 17.5. The van der Waals surface area contributed by atoms with Crippen molar-refractivity contribution < 1.29 is 18.0 Å². The number of hydrogen-bond acceptors (Lipinski definition) is 7. The van der Waals surface area contributed by atoms with Crippen molar-refractivity contribution >= 4 is 44.7 Å². The number of urea groups is 1. The third-order valence-electron chi connectivity index (χ3n) is 6.07. The summed E-state index contributed by atoms with van der Waals surface area (Å²) < 4.78 is 27.5. The minimum absolute atomic E-state index is 0.0373. The van der Waals surface area contributed by atoms with Gasteiger partial charge in [-0.05, 0) is 48.0 Å². The van der Waals surface area contributed by atoms with Crippen LogP contribution in [-0.4, -0.2) is 55.7 Å². The Hall–Kier alpha value is -4.09. The molecule has 3 amide bonds. The van der Waals surface area contributed by atoms with E-state index in [-0.39, 0.29) is 23.0 Å². The zero-order chi connectivity index (χ0) is 25.3. The van der Waals surface area contributed by atoms with Crippen LogP contribution in [0, 0.1) is 0 Å². The van der Waals surface area contributed by atoms with Gasteiger partial charge in [0.2, 0.25) is 0 Å². The van der Waals surface area contributed by atoms with Gasteiger partial charge in [-0.3, -0.25) is 9.69 Å². The Morgan fingerprint density at radius 2 is 1.78 bits per heavy atom. The maximum absolute atomic E-state index is 13.3. The molecule has 3 aromatic rings. The lowest BCUT2D eigenvalue weighted by Gasteiger charge is -2.29. The van der Waals surface area contributed by atoms with E-state index in [1.807, 2.05) is 0 Å². The lowest BCUT2D eigenvalue weighted by Crippen LogP contribution is -2.43. The molecule has 0 spiro atoms. The molecule has 1 fully saturated rings. The van der Waals surface area contributed by atoms with Gasteiger partial charge in [-0.15, -0.1) is 0 Å². The molecule has 5 N–H and O–H groups in total. The summed E-state index contributed by atoms with van der Waals surface area (Å²) in [5.74, 6) is -0.352. The molecule has 186 valence electrons. The zero-order valence-corrected chi connectivity index (χ0v) is 20.2. The van der Waals surface area contributed by atoms with Crippen molar-refractivity contribution in [3.8, 4) is 0 Å². The Morgan fingerprint density at radius 1 is 1.03 bits per heavy atom. The average Bonchev–Trinajstić information content (AvgIpc) is 3.68. The molecule has 11 heteroatoms. The molecule has 1 saturated heterocycles. The number of nitrogens with two attached hydrogens (primary N) is 1. The van der Waals surface area contributed by atoms with Crippen LogP contribution in [0.4, 0.5) is 27.5 Å². The molecule has 10 nitrogen and oxygen atoms in total. The molecule has 36 heavy (non-hydrogen) atoms. The second-order valence-electron chi connectivity index (χ2n) is 8.66. The number of benzene rings is 3. The third-order valence-corrected chi connectivity index (χ3v) is 7.83. The van der Waals surface area contributed by atoms with Crippen LogP contribution in [0.1, 0.15) is 15.9 Å². The standard InChI is InChI=1S/C25H26N6O4S/c26-20-3-1-2-4-21(20)28-24(32)18-7-5-17(6-8-18)16-31-25(33)29-22-10-9-19(15-23(22)36(31,34)35)27-11-12-30-13-14-30/h1-10,15,27H,11-14,16,26H2,(H,28,32)(H,29,33). The molecule has 0 unspecified atom stereocenters. The molecule has 0 radical (unpaired) electrons. The minimum Gasteiger partial charge on any atom is -0.397 e. The van der Waals surface area contributed by atoms with Crippen LogP contribution >= 0.6 is 0 Å². The molecule has 2 aliphatic heterocycles. The summed E-state index contributed by atoms with van der Waals surface area (Å²) in [4.78, 5) is 27.5. The van der Waals surface area contributed by atoms with Gasteiger partial charge in [0.15, 0.2) is 0 Å². The quantitative estimate of drug-likeness (QED) is 0.272. The van der Waals surface area contributed by atoms with E-state index in [0.717, 1.165) is 23.9 Å². The summed E-state index contributed by atoms with van der Waals surface area (Å²) in [7, 11) is -4.08. The first-order chi connectivity index (χ1) is 17.3. The molecule has 5 rings (SSSR count). The number of anilines is 4. The number of carbonyl (C=O) groups excluding carboxylic acids is 2. The maximum atomic E-state index is 13.3. The third kappa shape index (κ3) is 4.97. The summed E-state index contributed by atoms with van der Waals surface area (Å²) in [6.45, 7) is 3.60. The van der Waals surface area contributed by atoms with E-state index >= 15 is 0 Å². The van der Waals surface area contributed by atoms with Gasteiger partial charge in [-0.2, -0.15) is 0 Å². The number of para-hydroxylation sites is 2. The molecular formula is C25H26N6O4S. The number of nitrogen functional groups attached to an aromatic ring is 1. The Morgan fingerprint density at radius 3 is 2.50 bits per heavy atom. The first-order valence-electron chi connectivity index (χ1n) is 11.5. The number of rotatable bonds is 8. The topological polar surface area (TPSA) is 137 Å². The molecule has 3 aromatic carbocycles. The van der Waals surface area contributed by atoms with E-state index in [1.165, 1.54) is 0 Å².